The summed E-state index contributed by atoms with van der Waals surface area (Å²) in [5.41, 5.74) is 4.69. The number of amides is 2. The highest BCUT2D eigenvalue weighted by Gasteiger charge is 2.09. The summed E-state index contributed by atoms with van der Waals surface area (Å²) in [7, 11) is 2.73. The van der Waals surface area contributed by atoms with E-state index < -0.39 is 5.97 Å². The van der Waals surface area contributed by atoms with Crippen molar-refractivity contribution in [2.24, 2.45) is 5.10 Å². The molecule has 0 heterocycles. The smallest absolute Gasteiger partial charge is 0.343 e. The maximum atomic E-state index is 12.0. The Morgan fingerprint density at radius 1 is 1.00 bits per heavy atom. The number of aryl methyl sites for hydroxylation is 1. The van der Waals surface area contributed by atoms with E-state index in [2.05, 4.69) is 20.6 Å². The average Bonchev–Trinajstić information content (AvgIpc) is 2.77. The molecule has 9 nitrogen and oxygen atoms in total. The van der Waals surface area contributed by atoms with Crippen LogP contribution in [0.5, 0.6) is 11.5 Å². The van der Waals surface area contributed by atoms with Crippen molar-refractivity contribution in [1.82, 2.24) is 5.43 Å². The maximum Gasteiger partial charge on any atom is 0.343 e. The number of nitrogens with zero attached hydrogens (tertiary/aromatic N) is 1. The van der Waals surface area contributed by atoms with Crippen LogP contribution in [0.3, 0.4) is 0 Å². The number of carbonyl (C=O) groups excluding carboxylic acids is 3. The molecule has 31 heavy (non-hydrogen) atoms. The first-order valence-electron chi connectivity index (χ1n) is 9.48. The molecule has 0 bridgehead atoms. The molecule has 2 rings (SSSR count). The number of ether oxygens (including phenoxy) is 3. The molecule has 0 saturated carbocycles. The number of carbonyl (C=O) groups is 3. The van der Waals surface area contributed by atoms with Crippen LogP contribution in [0.4, 0.5) is 5.69 Å². The Bertz CT molecular complexity index is 958. The highest BCUT2D eigenvalue weighted by Crippen LogP contribution is 2.27. The van der Waals surface area contributed by atoms with Crippen LogP contribution in [0.1, 0.15) is 24.0 Å². The highest BCUT2D eigenvalue weighted by atomic mass is 16.6. The van der Waals surface area contributed by atoms with Crippen LogP contribution in [-0.2, 0) is 19.1 Å². The minimum absolute atomic E-state index is 0.00131. The second kappa shape index (κ2) is 12.0. The molecule has 0 unspecified atom stereocenters. The highest BCUT2D eigenvalue weighted by molar-refractivity contribution is 5.94. The maximum absolute atomic E-state index is 12.0. The van der Waals surface area contributed by atoms with Gasteiger partial charge < -0.3 is 19.5 Å². The molecule has 0 atom stereocenters. The van der Waals surface area contributed by atoms with Gasteiger partial charge in [0.05, 0.1) is 20.4 Å². The van der Waals surface area contributed by atoms with E-state index in [1.165, 1.54) is 20.4 Å². The lowest BCUT2D eigenvalue weighted by molar-refractivity contribution is -0.143. The van der Waals surface area contributed by atoms with Gasteiger partial charge in [0.2, 0.25) is 11.8 Å². The summed E-state index contributed by atoms with van der Waals surface area (Å²) >= 11 is 0. The molecule has 2 amide bonds. The van der Waals surface area contributed by atoms with Crippen LogP contribution in [-0.4, -0.2) is 44.8 Å². The van der Waals surface area contributed by atoms with Crippen LogP contribution in [0, 0.1) is 6.92 Å². The number of benzene rings is 2. The Kier molecular flexibility index (Phi) is 9.03. The van der Waals surface area contributed by atoms with Gasteiger partial charge in [0, 0.05) is 18.5 Å². The van der Waals surface area contributed by atoms with E-state index in [9.17, 15) is 14.4 Å². The third kappa shape index (κ3) is 7.81. The van der Waals surface area contributed by atoms with Crippen molar-refractivity contribution >= 4 is 29.7 Å². The van der Waals surface area contributed by atoms with Gasteiger partial charge in [0.15, 0.2) is 18.1 Å². The number of esters is 1. The summed E-state index contributed by atoms with van der Waals surface area (Å²) in [6.07, 6.45) is 1.46. The lowest BCUT2D eigenvalue weighted by Crippen LogP contribution is -2.20. The molecule has 2 aromatic carbocycles. The van der Waals surface area contributed by atoms with Crippen molar-refractivity contribution in [3.05, 3.63) is 53.6 Å². The van der Waals surface area contributed by atoms with Crippen LogP contribution < -0.4 is 20.2 Å². The molecule has 0 spiro atoms. The number of hydrogen-bond acceptors (Lipinski definition) is 7. The van der Waals surface area contributed by atoms with E-state index in [-0.39, 0.29) is 31.3 Å². The summed E-state index contributed by atoms with van der Waals surface area (Å²) in [4.78, 5) is 35.1. The Morgan fingerprint density at radius 2 is 1.74 bits per heavy atom. The number of para-hydroxylation sites is 1. The molecule has 0 aromatic heterocycles. The Morgan fingerprint density at radius 3 is 2.45 bits per heavy atom. The quantitative estimate of drug-likeness (QED) is 0.342. The molecule has 9 heteroatoms. The van der Waals surface area contributed by atoms with Crippen LogP contribution >= 0.6 is 0 Å². The van der Waals surface area contributed by atoms with Crippen molar-refractivity contribution in [2.45, 2.75) is 19.8 Å². The van der Waals surface area contributed by atoms with E-state index in [0.717, 1.165) is 11.3 Å². The summed E-state index contributed by atoms with van der Waals surface area (Å²) < 4.78 is 15.1. The van der Waals surface area contributed by atoms with Gasteiger partial charge in [-0.15, -0.1) is 0 Å². The zero-order valence-electron chi connectivity index (χ0n) is 17.6. The zero-order valence-corrected chi connectivity index (χ0v) is 17.6. The number of rotatable bonds is 10. The van der Waals surface area contributed by atoms with Gasteiger partial charge in [-0.2, -0.15) is 5.10 Å². The van der Waals surface area contributed by atoms with Crippen LogP contribution in [0.2, 0.25) is 0 Å². The lowest BCUT2D eigenvalue weighted by Gasteiger charge is -2.10. The average molecular weight is 427 g/mol. The van der Waals surface area contributed by atoms with Crippen molar-refractivity contribution in [1.29, 1.82) is 0 Å². The molecule has 164 valence electrons. The minimum atomic E-state index is -0.511. The normalized spacial score (nSPS) is 10.4. The largest absolute Gasteiger partial charge is 0.493 e. The van der Waals surface area contributed by atoms with Gasteiger partial charge >= 0.3 is 5.97 Å². The predicted octanol–water partition coefficient (Wildman–Crippen LogP) is 2.42. The van der Waals surface area contributed by atoms with Gasteiger partial charge in [0.1, 0.15) is 0 Å². The first-order chi connectivity index (χ1) is 14.9. The van der Waals surface area contributed by atoms with Gasteiger partial charge in [-0.1, -0.05) is 18.2 Å². The number of hydrogen-bond donors (Lipinski definition) is 2. The van der Waals surface area contributed by atoms with Crippen molar-refractivity contribution in [3.63, 3.8) is 0 Å². The van der Waals surface area contributed by atoms with E-state index in [1.807, 2.05) is 25.1 Å². The fourth-order valence-corrected chi connectivity index (χ4v) is 2.47. The van der Waals surface area contributed by atoms with Crippen molar-refractivity contribution < 1.29 is 28.6 Å². The summed E-state index contributed by atoms with van der Waals surface area (Å²) in [6, 6.07) is 12.3. The zero-order chi connectivity index (χ0) is 22.6. The number of methoxy groups -OCH3 is 2. The molecule has 0 aliphatic heterocycles. The Labute approximate surface area is 180 Å². The first-order valence-corrected chi connectivity index (χ1v) is 9.48. The molecular weight excluding hydrogens is 402 g/mol. The molecule has 0 aliphatic rings. The Balaban J connectivity index is 1.81. The fourth-order valence-electron chi connectivity index (χ4n) is 2.47. The summed E-state index contributed by atoms with van der Waals surface area (Å²) in [5.74, 6) is -0.384. The monoisotopic (exact) mass is 427 g/mol. The SMILES string of the molecule is COC(=O)COc1ccc(C=NNC(=O)CCC(=O)Nc2ccccc2C)cc1OC. The molecule has 0 saturated heterocycles. The molecule has 0 fully saturated rings. The van der Waals surface area contributed by atoms with Gasteiger partial charge in [0.25, 0.3) is 0 Å². The van der Waals surface area contributed by atoms with Gasteiger partial charge in [-0.25, -0.2) is 10.2 Å². The molecule has 2 aromatic rings. The molecule has 0 radical (unpaired) electrons. The standard InChI is InChI=1S/C22H25N3O6/c1-15-6-4-5-7-17(15)24-20(26)10-11-21(27)25-23-13-16-8-9-18(19(12-16)29-2)31-14-22(28)30-3/h4-9,12-13H,10-11,14H2,1-3H3,(H,24,26)(H,25,27). The topological polar surface area (TPSA) is 115 Å². The lowest BCUT2D eigenvalue weighted by atomic mass is 10.2. The van der Waals surface area contributed by atoms with Crippen LogP contribution in [0.25, 0.3) is 0 Å². The summed E-state index contributed by atoms with van der Waals surface area (Å²) in [6.45, 7) is 1.65. The van der Waals surface area contributed by atoms with E-state index in [0.29, 0.717) is 17.1 Å². The van der Waals surface area contributed by atoms with Crippen LogP contribution in [0.15, 0.2) is 47.6 Å². The number of nitrogens with one attached hydrogen (secondary N) is 2. The molecular formula is C22H25N3O6. The van der Waals surface area contributed by atoms with E-state index in [1.54, 1.807) is 24.3 Å². The third-order valence-corrected chi connectivity index (χ3v) is 4.16. The van der Waals surface area contributed by atoms with Crippen molar-refractivity contribution in [2.75, 3.05) is 26.1 Å². The van der Waals surface area contributed by atoms with Crippen molar-refractivity contribution in [3.8, 4) is 11.5 Å². The molecule has 2 N–H and O–H groups in total. The molecule has 0 aliphatic carbocycles. The van der Waals surface area contributed by atoms with E-state index in [4.69, 9.17) is 9.47 Å². The third-order valence-electron chi connectivity index (χ3n) is 4.16. The Hall–Kier alpha value is -3.88. The summed E-state index contributed by atoms with van der Waals surface area (Å²) in [5, 5.41) is 6.66. The van der Waals surface area contributed by atoms with Gasteiger partial charge in [-0.3, -0.25) is 9.59 Å². The predicted molar refractivity (Wildman–Crippen MR) is 115 cm³/mol. The second-order valence-electron chi connectivity index (χ2n) is 6.43. The van der Waals surface area contributed by atoms with E-state index >= 15 is 0 Å². The number of hydrazone groups is 1. The number of anilines is 1. The first kappa shape index (κ1) is 23.4. The minimum Gasteiger partial charge on any atom is -0.493 e. The second-order valence-corrected chi connectivity index (χ2v) is 6.43. The fraction of sp³-hybridized carbons (Fsp3) is 0.273. The van der Waals surface area contributed by atoms with Gasteiger partial charge in [-0.05, 0) is 42.3 Å².